The smallest absolute Gasteiger partial charge is 0.119 e. The van der Waals surface area contributed by atoms with Crippen molar-refractivity contribution in [3.05, 3.63) is 29.8 Å². The lowest BCUT2D eigenvalue weighted by atomic mass is 9.82. The number of nitrogens with one attached hydrogen (secondary N) is 1. The molecule has 2 unspecified atom stereocenters. The number of hydrogen-bond donors (Lipinski definition) is 1. The third-order valence-electron chi connectivity index (χ3n) is 4.81. The molecule has 2 heteroatoms. The lowest BCUT2D eigenvalue weighted by Crippen LogP contribution is -2.38. The lowest BCUT2D eigenvalue weighted by molar-refractivity contribution is 0.249. The third kappa shape index (κ3) is 4.74. The van der Waals surface area contributed by atoms with Gasteiger partial charge >= 0.3 is 0 Å². The molecule has 1 aliphatic rings. The Labute approximate surface area is 130 Å². The Bertz CT molecular complexity index is 395. The fourth-order valence-corrected chi connectivity index (χ4v) is 3.56. The molecule has 2 rings (SSSR count). The molecule has 0 radical (unpaired) electrons. The standard InChI is InChI=1S/C19H31NO/c1-4-19(17-9-7-6-8-10-17)20-15(3)16-11-13-18(14-12-16)21-5-2/h11-15,17,19-20H,4-10H2,1-3H3. The number of rotatable bonds is 7. The summed E-state index contributed by atoms with van der Waals surface area (Å²) in [5, 5.41) is 3.86. The zero-order valence-corrected chi connectivity index (χ0v) is 13.9. The molecule has 2 nitrogen and oxygen atoms in total. The van der Waals surface area contributed by atoms with E-state index in [9.17, 15) is 0 Å². The Hall–Kier alpha value is -1.02. The number of hydrogen-bond acceptors (Lipinski definition) is 2. The molecule has 0 heterocycles. The summed E-state index contributed by atoms with van der Waals surface area (Å²) in [6.07, 6.45) is 8.30. The molecule has 0 aliphatic heterocycles. The predicted octanol–water partition coefficient (Wildman–Crippen LogP) is 5.09. The fraction of sp³-hybridized carbons (Fsp3) is 0.684. The minimum Gasteiger partial charge on any atom is -0.494 e. The summed E-state index contributed by atoms with van der Waals surface area (Å²) in [7, 11) is 0. The maximum atomic E-state index is 5.52. The quantitative estimate of drug-likeness (QED) is 0.754. The van der Waals surface area contributed by atoms with Crippen LogP contribution in [0.25, 0.3) is 0 Å². The average molecular weight is 289 g/mol. The van der Waals surface area contributed by atoms with Gasteiger partial charge in [-0.2, -0.15) is 0 Å². The van der Waals surface area contributed by atoms with Crippen LogP contribution < -0.4 is 10.1 Å². The normalized spacial score (nSPS) is 19.2. The van der Waals surface area contributed by atoms with E-state index in [0.29, 0.717) is 12.1 Å². The SMILES string of the molecule is CCOc1ccc(C(C)NC(CC)C2CCCCC2)cc1. The molecule has 0 aromatic heterocycles. The highest BCUT2D eigenvalue weighted by atomic mass is 16.5. The van der Waals surface area contributed by atoms with Crippen LogP contribution in [0.4, 0.5) is 0 Å². The highest BCUT2D eigenvalue weighted by Gasteiger charge is 2.23. The van der Waals surface area contributed by atoms with Gasteiger partial charge in [-0.05, 0) is 56.7 Å². The van der Waals surface area contributed by atoms with Gasteiger partial charge in [0, 0.05) is 12.1 Å². The van der Waals surface area contributed by atoms with Gasteiger partial charge in [0.05, 0.1) is 6.61 Å². The molecule has 1 saturated carbocycles. The van der Waals surface area contributed by atoms with Crippen molar-refractivity contribution in [1.82, 2.24) is 5.32 Å². The summed E-state index contributed by atoms with van der Waals surface area (Å²) in [5.41, 5.74) is 1.35. The van der Waals surface area contributed by atoms with Crippen molar-refractivity contribution in [2.75, 3.05) is 6.61 Å². The van der Waals surface area contributed by atoms with E-state index in [1.165, 1.54) is 44.1 Å². The van der Waals surface area contributed by atoms with E-state index in [4.69, 9.17) is 4.74 Å². The molecule has 1 fully saturated rings. The zero-order chi connectivity index (χ0) is 15.1. The Balaban J connectivity index is 1.93. The molecule has 0 saturated heterocycles. The maximum absolute atomic E-state index is 5.52. The molecular formula is C19H31NO. The first-order valence-corrected chi connectivity index (χ1v) is 8.73. The molecule has 118 valence electrons. The minimum absolute atomic E-state index is 0.410. The second-order valence-electron chi connectivity index (χ2n) is 6.30. The molecular weight excluding hydrogens is 258 g/mol. The molecule has 2 atom stereocenters. The van der Waals surface area contributed by atoms with Crippen molar-refractivity contribution < 1.29 is 4.74 Å². The summed E-state index contributed by atoms with van der Waals surface area (Å²) in [5.74, 6) is 1.83. The van der Waals surface area contributed by atoms with Crippen molar-refractivity contribution in [2.45, 2.75) is 71.4 Å². The van der Waals surface area contributed by atoms with Crippen molar-refractivity contribution in [2.24, 2.45) is 5.92 Å². The summed E-state index contributed by atoms with van der Waals surface area (Å²) in [6, 6.07) is 9.61. The van der Waals surface area contributed by atoms with E-state index in [2.05, 4.69) is 43.4 Å². The van der Waals surface area contributed by atoms with Crippen LogP contribution in [0.1, 0.15) is 70.9 Å². The lowest BCUT2D eigenvalue weighted by Gasteiger charge is -2.32. The first-order valence-electron chi connectivity index (χ1n) is 8.73. The first-order chi connectivity index (χ1) is 10.2. The van der Waals surface area contributed by atoms with Gasteiger partial charge in [-0.1, -0.05) is 38.3 Å². The van der Waals surface area contributed by atoms with E-state index >= 15 is 0 Å². The third-order valence-corrected chi connectivity index (χ3v) is 4.81. The second-order valence-corrected chi connectivity index (χ2v) is 6.30. The van der Waals surface area contributed by atoms with Crippen LogP contribution in [-0.2, 0) is 0 Å². The predicted molar refractivity (Wildman–Crippen MR) is 89.8 cm³/mol. The van der Waals surface area contributed by atoms with Gasteiger partial charge in [0.2, 0.25) is 0 Å². The number of ether oxygens (including phenoxy) is 1. The van der Waals surface area contributed by atoms with Crippen LogP contribution in [-0.4, -0.2) is 12.6 Å². The van der Waals surface area contributed by atoms with Gasteiger partial charge in [-0.3, -0.25) is 0 Å². The van der Waals surface area contributed by atoms with Crippen LogP contribution >= 0.6 is 0 Å². The van der Waals surface area contributed by atoms with Crippen LogP contribution in [0.15, 0.2) is 24.3 Å². The topological polar surface area (TPSA) is 21.3 Å². The van der Waals surface area contributed by atoms with E-state index in [0.717, 1.165) is 18.3 Å². The Morgan fingerprint density at radius 1 is 1.10 bits per heavy atom. The molecule has 1 aromatic carbocycles. The van der Waals surface area contributed by atoms with Gasteiger partial charge in [-0.25, -0.2) is 0 Å². The Morgan fingerprint density at radius 3 is 2.33 bits per heavy atom. The minimum atomic E-state index is 0.410. The van der Waals surface area contributed by atoms with Crippen molar-refractivity contribution >= 4 is 0 Å². The summed E-state index contributed by atoms with van der Waals surface area (Å²) in [4.78, 5) is 0. The summed E-state index contributed by atoms with van der Waals surface area (Å²) >= 11 is 0. The van der Waals surface area contributed by atoms with Gasteiger partial charge in [0.1, 0.15) is 5.75 Å². The largest absolute Gasteiger partial charge is 0.494 e. The highest BCUT2D eigenvalue weighted by Crippen LogP contribution is 2.29. The molecule has 1 N–H and O–H groups in total. The Kier molecular flexibility index (Phi) is 6.56. The molecule has 0 bridgehead atoms. The van der Waals surface area contributed by atoms with Crippen molar-refractivity contribution in [1.29, 1.82) is 0 Å². The van der Waals surface area contributed by atoms with Crippen molar-refractivity contribution in [3.8, 4) is 5.75 Å². The van der Waals surface area contributed by atoms with E-state index in [1.54, 1.807) is 0 Å². The molecule has 0 amide bonds. The van der Waals surface area contributed by atoms with Crippen molar-refractivity contribution in [3.63, 3.8) is 0 Å². The molecule has 1 aliphatic carbocycles. The zero-order valence-electron chi connectivity index (χ0n) is 13.9. The molecule has 0 spiro atoms. The summed E-state index contributed by atoms with van der Waals surface area (Å²) in [6.45, 7) is 7.35. The molecule has 21 heavy (non-hydrogen) atoms. The van der Waals surface area contributed by atoms with E-state index in [1.807, 2.05) is 6.92 Å². The van der Waals surface area contributed by atoms with E-state index in [-0.39, 0.29) is 0 Å². The first kappa shape index (κ1) is 16.4. The molecule has 1 aromatic rings. The monoisotopic (exact) mass is 289 g/mol. The Morgan fingerprint density at radius 2 is 1.76 bits per heavy atom. The maximum Gasteiger partial charge on any atom is 0.119 e. The van der Waals surface area contributed by atoms with Crippen LogP contribution in [0, 0.1) is 5.92 Å². The van der Waals surface area contributed by atoms with Gasteiger partial charge < -0.3 is 10.1 Å². The summed E-state index contributed by atoms with van der Waals surface area (Å²) < 4.78 is 5.52. The van der Waals surface area contributed by atoms with Gasteiger partial charge in [-0.15, -0.1) is 0 Å². The van der Waals surface area contributed by atoms with Crippen LogP contribution in [0.2, 0.25) is 0 Å². The average Bonchev–Trinajstić information content (AvgIpc) is 2.54. The number of benzene rings is 1. The van der Waals surface area contributed by atoms with Crippen LogP contribution in [0.3, 0.4) is 0 Å². The second kappa shape index (κ2) is 8.43. The van der Waals surface area contributed by atoms with Gasteiger partial charge in [0.25, 0.3) is 0 Å². The van der Waals surface area contributed by atoms with E-state index < -0.39 is 0 Å². The fourth-order valence-electron chi connectivity index (χ4n) is 3.56. The highest BCUT2D eigenvalue weighted by molar-refractivity contribution is 5.29. The van der Waals surface area contributed by atoms with Gasteiger partial charge in [0.15, 0.2) is 0 Å². The van der Waals surface area contributed by atoms with Crippen LogP contribution in [0.5, 0.6) is 5.75 Å².